The second kappa shape index (κ2) is 4.46. The van der Waals surface area contributed by atoms with Gasteiger partial charge in [-0.05, 0) is 17.7 Å². The van der Waals surface area contributed by atoms with Crippen LogP contribution in [0.3, 0.4) is 0 Å². The van der Waals surface area contributed by atoms with E-state index < -0.39 is 41.4 Å². The van der Waals surface area contributed by atoms with Crippen LogP contribution in [0.4, 0.5) is 17.6 Å². The summed E-state index contributed by atoms with van der Waals surface area (Å²) in [6.07, 6.45) is -4.88. The Bertz CT molecular complexity index is 585. The van der Waals surface area contributed by atoms with E-state index >= 15 is 0 Å². The standard InChI is InChI=1S/C12H9F4NO3/c1-17-9(8(10(17)18)11(19)20)5-2-3-7(13)6(4-5)12(14,15)16/h2-4,8-9H,1H3,(H,19,20). The lowest BCUT2D eigenvalue weighted by Crippen LogP contribution is -2.55. The third kappa shape index (κ3) is 2.10. The molecule has 20 heavy (non-hydrogen) atoms. The zero-order chi connectivity index (χ0) is 15.2. The Morgan fingerprint density at radius 3 is 2.45 bits per heavy atom. The Kier molecular flexibility index (Phi) is 3.19. The SMILES string of the molecule is CN1C(=O)C(C(=O)O)C1c1ccc(F)c(C(F)(F)F)c1. The summed E-state index contributed by atoms with van der Waals surface area (Å²) in [4.78, 5) is 23.3. The molecule has 1 aliphatic heterocycles. The van der Waals surface area contributed by atoms with Crippen LogP contribution in [0.1, 0.15) is 17.2 Å². The monoisotopic (exact) mass is 291 g/mol. The van der Waals surface area contributed by atoms with Crippen LogP contribution in [-0.2, 0) is 15.8 Å². The summed E-state index contributed by atoms with van der Waals surface area (Å²) < 4.78 is 51.0. The molecule has 2 atom stereocenters. The molecule has 0 radical (unpaired) electrons. The number of benzene rings is 1. The molecule has 8 heteroatoms. The van der Waals surface area contributed by atoms with Gasteiger partial charge in [-0.25, -0.2) is 4.39 Å². The van der Waals surface area contributed by atoms with E-state index in [0.29, 0.717) is 12.1 Å². The largest absolute Gasteiger partial charge is 0.481 e. The van der Waals surface area contributed by atoms with Gasteiger partial charge >= 0.3 is 12.1 Å². The first kappa shape index (κ1) is 14.3. The lowest BCUT2D eigenvalue weighted by Gasteiger charge is -2.43. The number of amides is 1. The van der Waals surface area contributed by atoms with Crippen LogP contribution in [0.15, 0.2) is 18.2 Å². The Balaban J connectivity index is 2.44. The fourth-order valence-electron chi connectivity index (χ4n) is 2.23. The number of halogens is 4. The van der Waals surface area contributed by atoms with Gasteiger partial charge in [-0.2, -0.15) is 13.2 Å². The number of alkyl halides is 3. The van der Waals surface area contributed by atoms with Gasteiger partial charge in [-0.15, -0.1) is 0 Å². The summed E-state index contributed by atoms with van der Waals surface area (Å²) >= 11 is 0. The molecule has 0 saturated carbocycles. The number of hydrogen-bond donors (Lipinski definition) is 1. The van der Waals surface area contributed by atoms with Crippen molar-refractivity contribution < 1.29 is 32.3 Å². The Labute approximate surface area is 110 Å². The highest BCUT2D eigenvalue weighted by atomic mass is 19.4. The molecular weight excluding hydrogens is 282 g/mol. The summed E-state index contributed by atoms with van der Waals surface area (Å²) in [5, 5.41) is 8.89. The van der Waals surface area contributed by atoms with Gasteiger partial charge in [0.05, 0.1) is 11.6 Å². The van der Waals surface area contributed by atoms with Gasteiger partial charge < -0.3 is 10.0 Å². The number of nitrogens with zero attached hydrogens (tertiary/aromatic N) is 1. The summed E-state index contributed by atoms with van der Waals surface area (Å²) in [7, 11) is 1.28. The van der Waals surface area contributed by atoms with Crippen molar-refractivity contribution >= 4 is 11.9 Å². The van der Waals surface area contributed by atoms with Crippen LogP contribution in [0.2, 0.25) is 0 Å². The smallest absolute Gasteiger partial charge is 0.419 e. The van der Waals surface area contributed by atoms with E-state index in [0.717, 1.165) is 11.0 Å². The molecular formula is C12H9F4NO3. The van der Waals surface area contributed by atoms with Crippen molar-refractivity contribution in [2.24, 2.45) is 5.92 Å². The lowest BCUT2D eigenvalue weighted by molar-refractivity contribution is -0.168. The molecule has 1 fully saturated rings. The van der Waals surface area contributed by atoms with Crippen molar-refractivity contribution in [3.63, 3.8) is 0 Å². The Morgan fingerprint density at radius 2 is 1.95 bits per heavy atom. The van der Waals surface area contributed by atoms with Gasteiger partial charge in [0.15, 0.2) is 5.92 Å². The lowest BCUT2D eigenvalue weighted by atomic mass is 9.82. The van der Waals surface area contributed by atoms with Gasteiger partial charge in [-0.1, -0.05) is 6.07 Å². The van der Waals surface area contributed by atoms with Crippen molar-refractivity contribution in [3.8, 4) is 0 Å². The first-order chi connectivity index (χ1) is 9.14. The molecule has 1 aromatic carbocycles. The predicted octanol–water partition coefficient (Wildman–Crippen LogP) is 2.06. The van der Waals surface area contributed by atoms with Crippen molar-refractivity contribution in [2.45, 2.75) is 12.2 Å². The number of carbonyl (C=O) groups is 2. The number of β-lactam (4-membered cyclic amide) rings is 1. The molecule has 4 nitrogen and oxygen atoms in total. The highest BCUT2D eigenvalue weighted by Gasteiger charge is 2.51. The molecule has 0 spiro atoms. The second-order valence-electron chi connectivity index (χ2n) is 4.45. The molecule has 1 heterocycles. The maximum absolute atomic E-state index is 13.2. The first-order valence-corrected chi connectivity index (χ1v) is 5.50. The molecule has 1 amide bonds. The molecule has 2 unspecified atom stereocenters. The van der Waals surface area contributed by atoms with E-state index in [4.69, 9.17) is 5.11 Å². The zero-order valence-corrected chi connectivity index (χ0v) is 10.1. The highest BCUT2D eigenvalue weighted by Crippen LogP contribution is 2.41. The number of likely N-dealkylation sites (tertiary alicyclic amines) is 1. The van der Waals surface area contributed by atoms with Crippen molar-refractivity contribution in [1.82, 2.24) is 4.90 Å². The number of carboxylic acids is 1. The van der Waals surface area contributed by atoms with Crippen molar-refractivity contribution in [3.05, 3.63) is 35.1 Å². The second-order valence-corrected chi connectivity index (χ2v) is 4.45. The molecule has 1 aromatic rings. The van der Waals surface area contributed by atoms with E-state index in [2.05, 4.69) is 0 Å². The van der Waals surface area contributed by atoms with Gasteiger partial charge in [0, 0.05) is 7.05 Å². The van der Waals surface area contributed by atoms with Crippen LogP contribution in [0, 0.1) is 11.7 Å². The zero-order valence-electron chi connectivity index (χ0n) is 10.1. The molecule has 0 aliphatic carbocycles. The minimum absolute atomic E-state index is 0.0618. The molecule has 108 valence electrons. The van der Waals surface area contributed by atoms with Crippen LogP contribution in [0.5, 0.6) is 0 Å². The minimum Gasteiger partial charge on any atom is -0.481 e. The maximum Gasteiger partial charge on any atom is 0.419 e. The highest BCUT2D eigenvalue weighted by molar-refractivity contribution is 6.02. The number of carbonyl (C=O) groups excluding carboxylic acids is 1. The average molecular weight is 291 g/mol. The third-order valence-electron chi connectivity index (χ3n) is 3.25. The summed E-state index contributed by atoms with van der Waals surface area (Å²) in [6.45, 7) is 0. The maximum atomic E-state index is 13.2. The van der Waals surface area contributed by atoms with Crippen molar-refractivity contribution in [2.75, 3.05) is 7.05 Å². The summed E-state index contributed by atoms with van der Waals surface area (Å²) in [6, 6.07) is 1.18. The van der Waals surface area contributed by atoms with Gasteiger partial charge in [0.1, 0.15) is 5.82 Å². The third-order valence-corrected chi connectivity index (χ3v) is 3.25. The van der Waals surface area contributed by atoms with Gasteiger partial charge in [-0.3, -0.25) is 9.59 Å². The van der Waals surface area contributed by atoms with Crippen LogP contribution < -0.4 is 0 Å². The van der Waals surface area contributed by atoms with E-state index in [1.807, 2.05) is 0 Å². The van der Waals surface area contributed by atoms with E-state index in [1.54, 1.807) is 0 Å². The summed E-state index contributed by atoms with van der Waals surface area (Å²) in [5.74, 6) is -5.00. The molecule has 1 N–H and O–H groups in total. The summed E-state index contributed by atoms with van der Waals surface area (Å²) in [5.41, 5.74) is -1.54. The Hall–Kier alpha value is -2.12. The predicted molar refractivity (Wildman–Crippen MR) is 58.0 cm³/mol. The van der Waals surface area contributed by atoms with Gasteiger partial charge in [0.2, 0.25) is 5.91 Å². The Morgan fingerprint density at radius 1 is 1.35 bits per heavy atom. The number of carboxylic acid groups (broad SMARTS) is 1. The fraction of sp³-hybridized carbons (Fsp3) is 0.333. The van der Waals surface area contributed by atoms with E-state index in [1.165, 1.54) is 7.05 Å². The van der Waals surface area contributed by atoms with Crippen LogP contribution in [-0.4, -0.2) is 28.9 Å². The topological polar surface area (TPSA) is 57.6 Å². The molecule has 0 aromatic heterocycles. The minimum atomic E-state index is -4.88. The normalized spacial score (nSPS) is 22.6. The van der Waals surface area contributed by atoms with Crippen molar-refractivity contribution in [1.29, 1.82) is 0 Å². The van der Waals surface area contributed by atoms with Gasteiger partial charge in [0.25, 0.3) is 0 Å². The van der Waals surface area contributed by atoms with E-state index in [9.17, 15) is 27.2 Å². The van der Waals surface area contributed by atoms with E-state index in [-0.39, 0.29) is 5.56 Å². The average Bonchev–Trinajstić information content (AvgIpc) is 2.33. The fourth-order valence-corrected chi connectivity index (χ4v) is 2.23. The first-order valence-electron chi connectivity index (χ1n) is 5.50. The number of hydrogen-bond acceptors (Lipinski definition) is 2. The van der Waals surface area contributed by atoms with Crippen LogP contribution in [0.25, 0.3) is 0 Å². The molecule has 1 aliphatic rings. The quantitative estimate of drug-likeness (QED) is 0.515. The number of aliphatic carboxylic acids is 1. The molecule has 2 rings (SSSR count). The number of rotatable bonds is 2. The van der Waals surface area contributed by atoms with Crippen LogP contribution >= 0.6 is 0 Å². The molecule has 0 bridgehead atoms. The molecule has 1 saturated heterocycles.